The van der Waals surface area contributed by atoms with Crippen LogP contribution in [0.5, 0.6) is 0 Å². The van der Waals surface area contributed by atoms with Gasteiger partial charge in [0.1, 0.15) is 0 Å². The van der Waals surface area contributed by atoms with Crippen LogP contribution in [0.1, 0.15) is 107 Å². The largest absolute Gasteiger partial charge is 0.316 e. The molecule has 0 aromatic heterocycles. The van der Waals surface area contributed by atoms with Crippen molar-refractivity contribution in [1.29, 1.82) is 0 Å². The first-order chi connectivity index (χ1) is 20.5. The van der Waals surface area contributed by atoms with Crippen LogP contribution < -0.4 is 10.6 Å². The molecule has 8 nitrogen and oxygen atoms in total. The van der Waals surface area contributed by atoms with Crippen molar-refractivity contribution in [2.45, 2.75) is 65.2 Å². The van der Waals surface area contributed by atoms with Crippen LogP contribution in [0, 0.1) is 11.8 Å². The van der Waals surface area contributed by atoms with E-state index < -0.39 is 0 Å². The minimum atomic E-state index is -0.171. The van der Waals surface area contributed by atoms with Crippen molar-refractivity contribution in [3.05, 3.63) is 70.8 Å². The number of hydrogen-bond acceptors (Lipinski definition) is 6. The van der Waals surface area contributed by atoms with Gasteiger partial charge in [-0.25, -0.2) is 0 Å². The van der Waals surface area contributed by atoms with Crippen molar-refractivity contribution < 1.29 is 19.2 Å². The number of nitrogens with one attached hydrogen (secondary N) is 2. The summed E-state index contributed by atoms with van der Waals surface area (Å²) in [4.78, 5) is 53.8. The van der Waals surface area contributed by atoms with Gasteiger partial charge in [0, 0.05) is 13.1 Å². The van der Waals surface area contributed by atoms with Gasteiger partial charge in [0.2, 0.25) is 0 Å². The molecule has 0 spiro atoms. The van der Waals surface area contributed by atoms with Crippen molar-refractivity contribution in [3.8, 4) is 0 Å². The molecule has 0 aliphatic carbocycles. The molecule has 2 aliphatic rings. The molecule has 2 atom stereocenters. The monoisotopic (exact) mass is 734 g/mol. The molecule has 2 aromatic rings. The molecule has 0 fully saturated rings. The third-order valence-electron chi connectivity index (χ3n) is 8.35. The molecule has 0 saturated carbocycles. The topological polar surface area (TPSA) is 98.8 Å². The van der Waals surface area contributed by atoms with E-state index >= 15 is 0 Å². The maximum atomic E-state index is 12.7. The van der Waals surface area contributed by atoms with Gasteiger partial charge in [0.05, 0.1) is 22.3 Å². The lowest BCUT2D eigenvalue weighted by Crippen LogP contribution is -2.38. The molecular weight excluding hydrogens is 688 g/mol. The Labute approximate surface area is 283 Å². The van der Waals surface area contributed by atoms with Gasteiger partial charge in [-0.2, -0.15) is 0 Å². The van der Waals surface area contributed by atoms with E-state index in [4.69, 9.17) is 0 Å². The highest BCUT2D eigenvalue weighted by Crippen LogP contribution is 2.25. The molecule has 2 aliphatic heterocycles. The number of rotatable bonds is 19. The van der Waals surface area contributed by atoms with Crippen LogP contribution in [-0.4, -0.2) is 72.7 Å². The number of benzene rings is 2. The predicted octanol–water partition coefficient (Wildman–Crippen LogP) is 6.31. The summed E-state index contributed by atoms with van der Waals surface area (Å²) in [6.07, 6.45) is 8.42. The molecule has 242 valence electrons. The fraction of sp³-hybridized carbons (Fsp3) is 0.529. The second-order valence-electron chi connectivity index (χ2n) is 11.7. The lowest BCUT2D eigenvalue weighted by Gasteiger charge is -2.23. The first kappa shape index (κ1) is 37.8. The minimum absolute atomic E-state index is 0. The fourth-order valence-corrected chi connectivity index (χ4v) is 6.12. The van der Waals surface area contributed by atoms with Crippen LogP contribution in [0.4, 0.5) is 0 Å². The van der Waals surface area contributed by atoms with Crippen LogP contribution in [0.3, 0.4) is 0 Å². The zero-order valence-electron chi connectivity index (χ0n) is 26.0. The molecule has 10 heteroatoms. The van der Waals surface area contributed by atoms with Crippen LogP contribution >= 0.6 is 34.0 Å². The Hall–Kier alpha value is -2.40. The van der Waals surface area contributed by atoms with Crippen LogP contribution in [0.25, 0.3) is 0 Å². The standard InChI is InChI=1S/C34H46N4O4.2BrH/c1-3-13-25(23-37-31(39)27-15-7-8-16-28(27)32(37)40)21-35-19-11-5-6-12-20-36-22-26(14-4-2)24-38-33(41)29-17-9-10-18-30(29)34(38)42;;/h7-10,15-18,25-26,35-36H,3-6,11-14,19-24H2,1-2H3;2*1H. The minimum Gasteiger partial charge on any atom is -0.316 e. The molecule has 4 rings (SSSR count). The summed E-state index contributed by atoms with van der Waals surface area (Å²) in [5.74, 6) is -0.190. The Kier molecular flexibility index (Phi) is 16.5. The van der Waals surface area contributed by atoms with Crippen molar-refractivity contribution in [1.82, 2.24) is 20.4 Å². The number of hydrogen-bond donors (Lipinski definition) is 2. The smallest absolute Gasteiger partial charge is 0.261 e. The zero-order valence-corrected chi connectivity index (χ0v) is 29.4. The first-order valence-corrected chi connectivity index (χ1v) is 15.8. The number of carbonyl (C=O) groups is 4. The summed E-state index contributed by atoms with van der Waals surface area (Å²) < 4.78 is 0. The van der Waals surface area contributed by atoms with Crippen molar-refractivity contribution >= 4 is 57.6 Å². The summed E-state index contributed by atoms with van der Waals surface area (Å²) >= 11 is 0. The number of carbonyl (C=O) groups excluding carboxylic acids is 4. The van der Waals surface area contributed by atoms with Gasteiger partial charge in [-0.1, -0.05) is 63.8 Å². The van der Waals surface area contributed by atoms with Crippen molar-refractivity contribution in [2.24, 2.45) is 11.8 Å². The highest BCUT2D eigenvalue weighted by Gasteiger charge is 2.37. The predicted molar refractivity (Wildman–Crippen MR) is 185 cm³/mol. The average Bonchev–Trinajstić information content (AvgIpc) is 3.38. The van der Waals surface area contributed by atoms with E-state index in [1.54, 1.807) is 48.5 Å². The summed E-state index contributed by atoms with van der Waals surface area (Å²) in [5.41, 5.74) is 2.07. The lowest BCUT2D eigenvalue weighted by atomic mass is 10.0. The summed E-state index contributed by atoms with van der Waals surface area (Å²) in [5, 5.41) is 7.10. The van der Waals surface area contributed by atoms with E-state index in [0.717, 1.165) is 77.5 Å². The normalized spacial score (nSPS) is 15.1. The maximum Gasteiger partial charge on any atom is 0.261 e. The molecular formula is C34H48Br2N4O4. The Morgan fingerprint density at radius 2 is 0.864 bits per heavy atom. The molecule has 0 bridgehead atoms. The van der Waals surface area contributed by atoms with E-state index in [-0.39, 0.29) is 69.4 Å². The molecule has 2 aromatic carbocycles. The van der Waals surface area contributed by atoms with Gasteiger partial charge >= 0.3 is 0 Å². The molecule has 44 heavy (non-hydrogen) atoms. The van der Waals surface area contributed by atoms with Crippen LogP contribution in [0.15, 0.2) is 48.5 Å². The third kappa shape index (κ3) is 9.55. The van der Waals surface area contributed by atoms with Crippen LogP contribution in [-0.2, 0) is 0 Å². The van der Waals surface area contributed by atoms with E-state index in [2.05, 4.69) is 24.5 Å². The molecule has 0 radical (unpaired) electrons. The van der Waals surface area contributed by atoms with Crippen molar-refractivity contribution in [2.75, 3.05) is 39.3 Å². The van der Waals surface area contributed by atoms with Gasteiger partial charge in [-0.15, -0.1) is 34.0 Å². The molecule has 2 heterocycles. The average molecular weight is 737 g/mol. The molecule has 4 amide bonds. The van der Waals surface area contributed by atoms with Crippen LogP contribution in [0.2, 0.25) is 0 Å². The highest BCUT2D eigenvalue weighted by atomic mass is 79.9. The second kappa shape index (κ2) is 19.2. The molecule has 2 N–H and O–H groups in total. The summed E-state index contributed by atoms with van der Waals surface area (Å²) in [7, 11) is 0. The Balaban J connectivity index is 0.00000337. The van der Waals surface area contributed by atoms with Gasteiger partial charge in [0.25, 0.3) is 23.6 Å². The van der Waals surface area contributed by atoms with E-state index in [9.17, 15) is 19.2 Å². The summed E-state index contributed by atoms with van der Waals surface area (Å²) in [6.45, 7) is 8.65. The van der Waals surface area contributed by atoms with Gasteiger partial charge in [0.15, 0.2) is 0 Å². The fourth-order valence-electron chi connectivity index (χ4n) is 6.12. The Bertz CT molecular complexity index is 1090. The molecule has 2 unspecified atom stereocenters. The molecule has 0 saturated heterocycles. The maximum absolute atomic E-state index is 12.7. The number of unbranched alkanes of at least 4 members (excludes halogenated alkanes) is 3. The number of imide groups is 2. The number of amides is 4. The second-order valence-corrected chi connectivity index (χ2v) is 11.7. The number of fused-ring (bicyclic) bond motifs is 2. The highest BCUT2D eigenvalue weighted by molar-refractivity contribution is 8.93. The Morgan fingerprint density at radius 1 is 0.545 bits per heavy atom. The quantitative estimate of drug-likeness (QED) is 0.130. The van der Waals surface area contributed by atoms with Gasteiger partial charge < -0.3 is 10.6 Å². The Morgan fingerprint density at radius 3 is 1.16 bits per heavy atom. The van der Waals surface area contributed by atoms with E-state index in [0.29, 0.717) is 35.3 Å². The van der Waals surface area contributed by atoms with E-state index in [1.165, 1.54) is 9.80 Å². The SMILES string of the molecule is Br.Br.CCCC(CNCCCCCCNCC(CCC)CN1C(=O)c2ccccc2C1=O)CN1C(=O)c2ccccc2C1=O. The number of nitrogens with zero attached hydrogens (tertiary/aromatic N) is 2. The summed E-state index contributed by atoms with van der Waals surface area (Å²) in [6, 6.07) is 14.2. The first-order valence-electron chi connectivity index (χ1n) is 15.8. The van der Waals surface area contributed by atoms with E-state index in [1.807, 2.05) is 0 Å². The number of halogens is 2. The lowest BCUT2D eigenvalue weighted by molar-refractivity contribution is 0.0610. The zero-order chi connectivity index (χ0) is 29.9. The van der Waals surface area contributed by atoms with Gasteiger partial charge in [-0.3, -0.25) is 29.0 Å². The third-order valence-corrected chi connectivity index (χ3v) is 8.35. The van der Waals surface area contributed by atoms with Crippen molar-refractivity contribution in [3.63, 3.8) is 0 Å². The van der Waals surface area contributed by atoms with Gasteiger partial charge in [-0.05, 0) is 88.0 Å².